The van der Waals surface area contributed by atoms with Crippen LogP contribution in [0.3, 0.4) is 0 Å². The van der Waals surface area contributed by atoms with Crippen molar-refractivity contribution in [2.24, 2.45) is 12.0 Å². The number of aliphatic imine (C=N–C) groups is 1. The standard InChI is InChI=1S/C7H10N2O2S/c1-4(8-2)5-6(10)9(3)7(12)11-5/h10H,1-3H3. The first-order valence-corrected chi connectivity index (χ1v) is 3.81. The molecule has 1 aromatic heterocycles. The van der Waals surface area contributed by atoms with Gasteiger partial charge in [0.05, 0.1) is 5.71 Å². The quantitative estimate of drug-likeness (QED) is 0.534. The first-order valence-electron chi connectivity index (χ1n) is 3.40. The molecular formula is C7H10N2O2S. The van der Waals surface area contributed by atoms with E-state index in [9.17, 15) is 5.11 Å². The second kappa shape index (κ2) is 3.10. The summed E-state index contributed by atoms with van der Waals surface area (Å²) in [5.41, 5.74) is 0.624. The largest absolute Gasteiger partial charge is 0.492 e. The average molecular weight is 186 g/mol. The van der Waals surface area contributed by atoms with Gasteiger partial charge in [0.15, 0.2) is 0 Å². The molecule has 12 heavy (non-hydrogen) atoms. The Hall–Kier alpha value is -1.10. The predicted molar refractivity (Wildman–Crippen MR) is 48.3 cm³/mol. The fourth-order valence-electron chi connectivity index (χ4n) is 0.777. The third-order valence-electron chi connectivity index (χ3n) is 1.65. The topological polar surface area (TPSA) is 50.7 Å². The zero-order valence-corrected chi connectivity index (χ0v) is 7.97. The monoisotopic (exact) mass is 186 g/mol. The Balaban J connectivity index is 3.37. The molecule has 0 amide bonds. The van der Waals surface area contributed by atoms with Crippen molar-refractivity contribution in [3.63, 3.8) is 0 Å². The molecular weight excluding hydrogens is 176 g/mol. The molecule has 0 bridgehead atoms. The third kappa shape index (κ3) is 1.27. The molecule has 1 N–H and O–H groups in total. The lowest BCUT2D eigenvalue weighted by molar-refractivity contribution is 0.428. The predicted octanol–water partition coefficient (Wildman–Crippen LogP) is 1.49. The molecule has 0 radical (unpaired) electrons. The second-order valence-corrected chi connectivity index (χ2v) is 2.74. The van der Waals surface area contributed by atoms with Crippen LogP contribution in [0.4, 0.5) is 0 Å². The van der Waals surface area contributed by atoms with Crippen molar-refractivity contribution in [3.05, 3.63) is 10.6 Å². The van der Waals surface area contributed by atoms with Gasteiger partial charge in [0.2, 0.25) is 11.6 Å². The second-order valence-electron chi connectivity index (χ2n) is 2.39. The van der Waals surface area contributed by atoms with Crippen molar-refractivity contribution in [2.45, 2.75) is 6.92 Å². The van der Waals surface area contributed by atoms with Gasteiger partial charge >= 0.3 is 0 Å². The van der Waals surface area contributed by atoms with E-state index in [0.29, 0.717) is 11.5 Å². The minimum atomic E-state index is 0.0168. The van der Waals surface area contributed by atoms with Gasteiger partial charge < -0.3 is 9.52 Å². The van der Waals surface area contributed by atoms with E-state index >= 15 is 0 Å². The lowest BCUT2D eigenvalue weighted by atomic mass is 10.3. The molecule has 0 aliphatic carbocycles. The SMILES string of the molecule is CN=C(C)c1oc(=S)n(C)c1O. The zero-order valence-electron chi connectivity index (χ0n) is 7.16. The van der Waals surface area contributed by atoms with Gasteiger partial charge in [-0.3, -0.25) is 9.56 Å². The summed E-state index contributed by atoms with van der Waals surface area (Å²) in [6.45, 7) is 1.74. The molecule has 5 heteroatoms. The molecule has 0 saturated carbocycles. The summed E-state index contributed by atoms with van der Waals surface area (Å²) in [5, 5.41) is 9.44. The summed E-state index contributed by atoms with van der Waals surface area (Å²) < 4.78 is 6.48. The van der Waals surface area contributed by atoms with Crippen LogP contribution in [-0.4, -0.2) is 22.4 Å². The van der Waals surface area contributed by atoms with Crippen molar-refractivity contribution < 1.29 is 9.52 Å². The minimum Gasteiger partial charge on any atom is -0.492 e. The van der Waals surface area contributed by atoms with Crippen LogP contribution in [-0.2, 0) is 7.05 Å². The van der Waals surface area contributed by atoms with E-state index in [2.05, 4.69) is 4.99 Å². The molecule has 0 aliphatic heterocycles. The summed E-state index contributed by atoms with van der Waals surface area (Å²) in [6, 6.07) is 0. The summed E-state index contributed by atoms with van der Waals surface area (Å²) in [7, 11) is 3.26. The van der Waals surface area contributed by atoms with Crippen LogP contribution in [0.15, 0.2) is 9.41 Å². The Morgan fingerprint density at radius 2 is 2.25 bits per heavy atom. The molecule has 66 valence electrons. The highest BCUT2D eigenvalue weighted by atomic mass is 32.1. The summed E-state index contributed by atoms with van der Waals surface area (Å²) in [4.78, 5) is 4.12. The average Bonchev–Trinajstić information content (AvgIpc) is 2.32. The van der Waals surface area contributed by atoms with E-state index in [4.69, 9.17) is 16.6 Å². The van der Waals surface area contributed by atoms with Gasteiger partial charge in [0, 0.05) is 14.1 Å². The Morgan fingerprint density at radius 1 is 1.67 bits per heavy atom. The van der Waals surface area contributed by atoms with Gasteiger partial charge in [-0.05, 0) is 19.1 Å². The fraction of sp³-hybridized carbons (Fsp3) is 0.429. The maximum absolute atomic E-state index is 9.44. The Bertz CT molecular complexity index is 375. The normalized spacial score (nSPS) is 12.1. The third-order valence-corrected chi connectivity index (χ3v) is 2.01. The molecule has 1 heterocycles. The van der Waals surface area contributed by atoms with E-state index in [1.165, 1.54) is 4.57 Å². The summed E-state index contributed by atoms with van der Waals surface area (Å²) in [6.07, 6.45) is 0. The van der Waals surface area contributed by atoms with Crippen molar-refractivity contribution in [3.8, 4) is 5.88 Å². The van der Waals surface area contributed by atoms with Crippen LogP contribution in [0.2, 0.25) is 0 Å². The number of aromatic hydroxyl groups is 1. The van der Waals surface area contributed by atoms with Crippen molar-refractivity contribution in [1.29, 1.82) is 0 Å². The highest BCUT2D eigenvalue weighted by Crippen LogP contribution is 2.19. The Labute approximate surface area is 75.2 Å². The first-order chi connectivity index (χ1) is 5.57. The molecule has 1 rings (SSSR count). The van der Waals surface area contributed by atoms with Crippen LogP contribution in [0.5, 0.6) is 5.88 Å². The minimum absolute atomic E-state index is 0.0168. The molecule has 0 aliphatic rings. The van der Waals surface area contributed by atoms with Crippen LogP contribution in [0, 0.1) is 4.84 Å². The Morgan fingerprint density at radius 3 is 2.58 bits per heavy atom. The van der Waals surface area contributed by atoms with Gasteiger partial charge in [0.1, 0.15) is 0 Å². The van der Waals surface area contributed by atoms with E-state index in [0.717, 1.165) is 0 Å². The maximum atomic E-state index is 9.44. The maximum Gasteiger partial charge on any atom is 0.271 e. The van der Waals surface area contributed by atoms with E-state index in [-0.39, 0.29) is 10.7 Å². The number of oxazole rings is 1. The van der Waals surface area contributed by atoms with Gasteiger partial charge in [0.25, 0.3) is 4.84 Å². The van der Waals surface area contributed by atoms with E-state index < -0.39 is 0 Å². The lowest BCUT2D eigenvalue weighted by Crippen LogP contribution is -1.93. The number of nitrogens with zero attached hydrogens (tertiary/aromatic N) is 2. The number of rotatable bonds is 1. The highest BCUT2D eigenvalue weighted by Gasteiger charge is 2.12. The van der Waals surface area contributed by atoms with Crippen LogP contribution < -0.4 is 0 Å². The molecule has 0 fully saturated rings. The molecule has 0 atom stereocenters. The number of hydrogen-bond acceptors (Lipinski definition) is 4. The summed E-state index contributed by atoms with van der Waals surface area (Å²) >= 11 is 4.81. The molecule has 0 unspecified atom stereocenters. The van der Waals surface area contributed by atoms with Gasteiger partial charge in [-0.1, -0.05) is 0 Å². The molecule has 1 aromatic rings. The van der Waals surface area contributed by atoms with Gasteiger partial charge in [-0.2, -0.15) is 0 Å². The number of aromatic nitrogens is 1. The van der Waals surface area contributed by atoms with Gasteiger partial charge in [-0.15, -0.1) is 0 Å². The van der Waals surface area contributed by atoms with E-state index in [1.54, 1.807) is 21.0 Å². The fourth-order valence-corrected chi connectivity index (χ4v) is 0.947. The smallest absolute Gasteiger partial charge is 0.271 e. The molecule has 4 nitrogen and oxygen atoms in total. The van der Waals surface area contributed by atoms with E-state index in [1.807, 2.05) is 0 Å². The van der Waals surface area contributed by atoms with Crippen LogP contribution >= 0.6 is 12.2 Å². The number of hydrogen-bond donors (Lipinski definition) is 1. The molecule has 0 aromatic carbocycles. The molecule has 0 saturated heterocycles. The van der Waals surface area contributed by atoms with Crippen molar-refractivity contribution >= 4 is 17.9 Å². The van der Waals surface area contributed by atoms with Crippen LogP contribution in [0.25, 0.3) is 0 Å². The first kappa shape index (κ1) is 8.99. The van der Waals surface area contributed by atoms with Gasteiger partial charge in [-0.25, -0.2) is 0 Å². The highest BCUT2D eigenvalue weighted by molar-refractivity contribution is 7.71. The lowest BCUT2D eigenvalue weighted by Gasteiger charge is -1.93. The Kier molecular flexibility index (Phi) is 2.32. The summed E-state index contributed by atoms with van der Waals surface area (Å²) in [5.74, 6) is 0.355. The van der Waals surface area contributed by atoms with Crippen molar-refractivity contribution in [1.82, 2.24) is 4.57 Å². The van der Waals surface area contributed by atoms with Crippen molar-refractivity contribution in [2.75, 3.05) is 7.05 Å². The van der Waals surface area contributed by atoms with Crippen LogP contribution in [0.1, 0.15) is 12.7 Å². The zero-order chi connectivity index (χ0) is 9.30. The molecule has 0 spiro atoms.